The predicted molar refractivity (Wildman–Crippen MR) is 108 cm³/mol. The van der Waals surface area contributed by atoms with Crippen LogP contribution in [0.25, 0.3) is 21.7 Å². The molecule has 5 rings (SSSR count). The van der Waals surface area contributed by atoms with E-state index in [1.54, 1.807) is 30.5 Å². The van der Waals surface area contributed by atoms with Crippen molar-refractivity contribution in [2.45, 2.75) is 12.5 Å². The van der Waals surface area contributed by atoms with Crippen LogP contribution in [-0.2, 0) is 11.2 Å². The number of carbonyl (C=O) groups is 3. The number of H-pyrrole nitrogens is 1. The quantitative estimate of drug-likeness (QED) is 0.526. The lowest BCUT2D eigenvalue weighted by atomic mass is 10.0. The highest BCUT2D eigenvalue weighted by atomic mass is 16.4. The van der Waals surface area contributed by atoms with E-state index in [0.717, 1.165) is 26.8 Å². The number of aromatic amines is 1. The van der Waals surface area contributed by atoms with Crippen LogP contribution in [-0.4, -0.2) is 38.8 Å². The molecule has 0 saturated carbocycles. The molecule has 0 fully saturated rings. The van der Waals surface area contributed by atoms with Crippen LogP contribution in [0.2, 0.25) is 0 Å². The van der Waals surface area contributed by atoms with E-state index in [1.165, 1.54) is 0 Å². The first kappa shape index (κ1) is 17.2. The smallest absolute Gasteiger partial charge is 0.327 e. The lowest BCUT2D eigenvalue weighted by Gasteiger charge is -2.22. The van der Waals surface area contributed by atoms with Gasteiger partial charge < -0.3 is 10.1 Å². The number of imide groups is 1. The number of carboxylic acid groups (broad SMARTS) is 1. The molecule has 1 aliphatic heterocycles. The van der Waals surface area contributed by atoms with E-state index in [2.05, 4.69) is 4.98 Å². The van der Waals surface area contributed by atoms with Crippen molar-refractivity contribution in [3.05, 3.63) is 83.6 Å². The molecule has 2 amide bonds. The molecule has 142 valence electrons. The Kier molecular flexibility index (Phi) is 3.74. The number of rotatable bonds is 4. The summed E-state index contributed by atoms with van der Waals surface area (Å²) in [5.74, 6) is -2.34. The number of aliphatic carboxylic acids is 1. The molecule has 2 N–H and O–H groups in total. The molecule has 0 saturated heterocycles. The van der Waals surface area contributed by atoms with Crippen LogP contribution in [0.4, 0.5) is 0 Å². The molecule has 0 spiro atoms. The molecule has 29 heavy (non-hydrogen) atoms. The van der Waals surface area contributed by atoms with Gasteiger partial charge in [0.25, 0.3) is 11.8 Å². The lowest BCUT2D eigenvalue weighted by Crippen LogP contribution is -2.46. The molecule has 6 nitrogen and oxygen atoms in total. The van der Waals surface area contributed by atoms with Crippen LogP contribution in [0.3, 0.4) is 0 Å². The van der Waals surface area contributed by atoms with Crippen LogP contribution < -0.4 is 0 Å². The van der Waals surface area contributed by atoms with Crippen LogP contribution in [0, 0.1) is 0 Å². The fourth-order valence-electron chi connectivity index (χ4n) is 4.10. The predicted octanol–water partition coefficient (Wildman–Crippen LogP) is 3.61. The Labute approximate surface area is 165 Å². The Morgan fingerprint density at radius 3 is 2.45 bits per heavy atom. The summed E-state index contributed by atoms with van der Waals surface area (Å²) < 4.78 is 0. The number of fused-ring (bicyclic) bond motifs is 4. The van der Waals surface area contributed by atoms with E-state index in [0.29, 0.717) is 5.39 Å². The van der Waals surface area contributed by atoms with Gasteiger partial charge in [0.1, 0.15) is 6.04 Å². The third-order valence-corrected chi connectivity index (χ3v) is 5.50. The number of nitrogens with zero attached hydrogens (tertiary/aromatic N) is 1. The Bertz CT molecular complexity index is 1320. The van der Waals surface area contributed by atoms with Crippen molar-refractivity contribution in [1.82, 2.24) is 9.88 Å². The standard InChI is InChI=1S/C23H16N2O4/c26-21-17-10-9-13-5-1-2-7-16(13)20(17)22(27)25(21)19(23(28)29)11-14-12-24-18-8-4-3-6-15(14)18/h1-10,12,19,24H,11H2,(H,28,29)/t19-/m0/s1. The average Bonchev–Trinajstić information content (AvgIpc) is 3.25. The number of benzene rings is 3. The van der Waals surface area contributed by atoms with Gasteiger partial charge in [0.2, 0.25) is 0 Å². The normalized spacial score (nSPS) is 14.6. The fraction of sp³-hybridized carbons (Fsp3) is 0.0870. The van der Waals surface area contributed by atoms with Gasteiger partial charge in [0, 0.05) is 23.5 Å². The van der Waals surface area contributed by atoms with Gasteiger partial charge in [-0.1, -0.05) is 48.5 Å². The van der Waals surface area contributed by atoms with Crippen LogP contribution >= 0.6 is 0 Å². The molecule has 6 heteroatoms. The molecule has 4 aromatic rings. The molecule has 0 aliphatic carbocycles. The molecule has 0 unspecified atom stereocenters. The maximum atomic E-state index is 13.2. The molecule has 1 atom stereocenters. The van der Waals surface area contributed by atoms with Crippen molar-refractivity contribution < 1.29 is 19.5 Å². The lowest BCUT2D eigenvalue weighted by molar-refractivity contribution is -0.141. The van der Waals surface area contributed by atoms with Crippen LogP contribution in [0.1, 0.15) is 26.3 Å². The second kappa shape index (κ2) is 6.31. The van der Waals surface area contributed by atoms with Crippen LogP contribution in [0.15, 0.2) is 66.9 Å². The van der Waals surface area contributed by atoms with Crippen LogP contribution in [0.5, 0.6) is 0 Å². The maximum absolute atomic E-state index is 13.2. The van der Waals surface area contributed by atoms with Crippen molar-refractivity contribution in [2.24, 2.45) is 0 Å². The van der Waals surface area contributed by atoms with Crippen molar-refractivity contribution in [3.63, 3.8) is 0 Å². The van der Waals surface area contributed by atoms with Crippen molar-refractivity contribution >= 4 is 39.5 Å². The van der Waals surface area contributed by atoms with Gasteiger partial charge in [-0.3, -0.25) is 14.5 Å². The number of nitrogens with one attached hydrogen (secondary N) is 1. The first-order valence-corrected chi connectivity index (χ1v) is 9.23. The maximum Gasteiger partial charge on any atom is 0.327 e. The Balaban J connectivity index is 1.59. The van der Waals surface area contributed by atoms with E-state index in [9.17, 15) is 19.5 Å². The minimum atomic E-state index is -1.29. The number of amides is 2. The number of carbonyl (C=O) groups excluding carboxylic acids is 2. The zero-order valence-electron chi connectivity index (χ0n) is 15.3. The molecule has 0 bridgehead atoms. The first-order valence-electron chi connectivity index (χ1n) is 9.23. The van der Waals surface area contributed by atoms with Gasteiger partial charge in [0.05, 0.1) is 11.1 Å². The number of aromatic nitrogens is 1. The highest BCUT2D eigenvalue weighted by Gasteiger charge is 2.44. The van der Waals surface area contributed by atoms with Gasteiger partial charge >= 0.3 is 5.97 Å². The zero-order valence-corrected chi connectivity index (χ0v) is 15.3. The number of hydrogen-bond acceptors (Lipinski definition) is 3. The Morgan fingerprint density at radius 2 is 1.66 bits per heavy atom. The van der Waals surface area contributed by atoms with Crippen molar-refractivity contribution in [2.75, 3.05) is 0 Å². The number of para-hydroxylation sites is 1. The third-order valence-electron chi connectivity index (χ3n) is 5.50. The van der Waals surface area contributed by atoms with Gasteiger partial charge in [0.15, 0.2) is 0 Å². The Morgan fingerprint density at radius 1 is 0.931 bits per heavy atom. The van der Waals surface area contributed by atoms with Gasteiger partial charge in [-0.25, -0.2) is 4.79 Å². The van der Waals surface area contributed by atoms with Crippen molar-refractivity contribution in [3.8, 4) is 0 Å². The summed E-state index contributed by atoms with van der Waals surface area (Å²) in [6.45, 7) is 0. The van der Waals surface area contributed by atoms with E-state index >= 15 is 0 Å². The molecule has 1 aromatic heterocycles. The molecular weight excluding hydrogens is 368 g/mol. The largest absolute Gasteiger partial charge is 0.480 e. The van der Waals surface area contributed by atoms with Gasteiger partial charge in [-0.05, 0) is 28.5 Å². The summed E-state index contributed by atoms with van der Waals surface area (Å²) in [6.07, 6.45) is 1.76. The SMILES string of the molecule is O=C(O)[C@H](Cc1c[nH]c2ccccc12)N1C(=O)c2ccc3ccccc3c2C1=O. The molecule has 1 aliphatic rings. The minimum Gasteiger partial charge on any atom is -0.480 e. The summed E-state index contributed by atoms with van der Waals surface area (Å²) in [6, 6.07) is 16.9. The highest BCUT2D eigenvalue weighted by molar-refractivity contribution is 6.27. The summed E-state index contributed by atoms with van der Waals surface area (Å²) in [5.41, 5.74) is 2.14. The second-order valence-corrected chi connectivity index (χ2v) is 7.11. The second-order valence-electron chi connectivity index (χ2n) is 7.11. The zero-order chi connectivity index (χ0) is 20.1. The summed E-state index contributed by atoms with van der Waals surface area (Å²) in [7, 11) is 0. The topological polar surface area (TPSA) is 90.5 Å². The average molecular weight is 384 g/mol. The number of carboxylic acids is 1. The summed E-state index contributed by atoms with van der Waals surface area (Å²) in [4.78, 5) is 42.3. The molecular formula is C23H16N2O4. The first-order chi connectivity index (χ1) is 14.1. The highest BCUT2D eigenvalue weighted by Crippen LogP contribution is 2.32. The summed E-state index contributed by atoms with van der Waals surface area (Å²) in [5, 5.41) is 12.2. The number of hydrogen-bond donors (Lipinski definition) is 2. The van der Waals surface area contributed by atoms with Gasteiger partial charge in [-0.15, -0.1) is 0 Å². The summed E-state index contributed by atoms with van der Waals surface area (Å²) >= 11 is 0. The molecule has 3 aromatic carbocycles. The Hall–Kier alpha value is -3.93. The third kappa shape index (κ3) is 2.53. The molecule has 0 radical (unpaired) electrons. The minimum absolute atomic E-state index is 0.0305. The van der Waals surface area contributed by atoms with E-state index in [4.69, 9.17) is 0 Å². The molecule has 2 heterocycles. The van der Waals surface area contributed by atoms with E-state index in [-0.39, 0.29) is 17.5 Å². The van der Waals surface area contributed by atoms with E-state index in [1.807, 2.05) is 36.4 Å². The van der Waals surface area contributed by atoms with Crippen molar-refractivity contribution in [1.29, 1.82) is 0 Å². The monoisotopic (exact) mass is 384 g/mol. The van der Waals surface area contributed by atoms with E-state index < -0.39 is 23.8 Å². The van der Waals surface area contributed by atoms with Gasteiger partial charge in [-0.2, -0.15) is 0 Å². The fourth-order valence-corrected chi connectivity index (χ4v) is 4.10.